The Hall–Kier alpha value is -3.05. The number of amides is 1. The van der Waals surface area contributed by atoms with E-state index in [0.717, 1.165) is 22.7 Å². The number of pyridine rings is 1. The molecule has 0 fully saturated rings. The molecule has 1 N–H and O–H groups in total. The van der Waals surface area contributed by atoms with Crippen molar-refractivity contribution in [2.75, 3.05) is 17.7 Å². The molecule has 0 spiro atoms. The van der Waals surface area contributed by atoms with E-state index in [-0.39, 0.29) is 35.1 Å². The lowest BCUT2D eigenvalue weighted by atomic mass is 10.1. The molecule has 3 aromatic rings. The number of ether oxygens (including phenoxy) is 1. The molecule has 32 heavy (non-hydrogen) atoms. The van der Waals surface area contributed by atoms with Gasteiger partial charge in [0.05, 0.1) is 34.9 Å². The largest absolute Gasteiger partial charge is 0.462 e. The Morgan fingerprint density at radius 1 is 1.28 bits per heavy atom. The van der Waals surface area contributed by atoms with E-state index >= 15 is 0 Å². The average Bonchev–Trinajstić information content (AvgIpc) is 3.25. The predicted molar refractivity (Wildman–Crippen MR) is 120 cm³/mol. The molecule has 0 atom stereocenters. The molecule has 3 aromatic heterocycles. The average molecular weight is 475 g/mol. The van der Waals surface area contributed by atoms with Crippen molar-refractivity contribution >= 4 is 38.1 Å². The Labute approximate surface area is 189 Å². The van der Waals surface area contributed by atoms with Crippen LogP contribution in [0.1, 0.15) is 49.5 Å². The maximum absolute atomic E-state index is 12.9. The Bertz CT molecular complexity index is 1310. The van der Waals surface area contributed by atoms with Crippen LogP contribution in [0.5, 0.6) is 0 Å². The van der Waals surface area contributed by atoms with Gasteiger partial charge in [-0.3, -0.25) is 4.79 Å². The van der Waals surface area contributed by atoms with Gasteiger partial charge in [-0.1, -0.05) is 0 Å². The highest BCUT2D eigenvalue weighted by Gasteiger charge is 2.32. The SMILES string of the molecule is CCOC(=O)c1c(NC(=O)c2ccc(-n3nc(C)cc3C)nc2)sc2c1CCS(=O)(=O)C2. The monoisotopic (exact) mass is 474 g/mol. The van der Waals surface area contributed by atoms with E-state index in [1.54, 1.807) is 23.7 Å². The lowest BCUT2D eigenvalue weighted by Gasteiger charge is -2.13. The first-order chi connectivity index (χ1) is 15.2. The van der Waals surface area contributed by atoms with Crippen molar-refractivity contribution < 1.29 is 22.7 Å². The van der Waals surface area contributed by atoms with E-state index in [1.807, 2.05) is 19.9 Å². The summed E-state index contributed by atoms with van der Waals surface area (Å²) < 4.78 is 30.9. The fourth-order valence-electron chi connectivity index (χ4n) is 3.61. The van der Waals surface area contributed by atoms with Gasteiger partial charge in [0.2, 0.25) is 0 Å². The Morgan fingerprint density at radius 2 is 2.06 bits per heavy atom. The number of rotatable bonds is 5. The van der Waals surface area contributed by atoms with Gasteiger partial charge >= 0.3 is 5.97 Å². The number of hydrogen-bond acceptors (Lipinski definition) is 8. The van der Waals surface area contributed by atoms with Gasteiger partial charge in [-0.25, -0.2) is 22.9 Å². The van der Waals surface area contributed by atoms with Gasteiger partial charge in [0.1, 0.15) is 5.00 Å². The number of sulfone groups is 1. The molecule has 9 nitrogen and oxygen atoms in total. The van der Waals surface area contributed by atoms with Gasteiger partial charge < -0.3 is 10.1 Å². The molecule has 0 saturated carbocycles. The topological polar surface area (TPSA) is 120 Å². The number of carbonyl (C=O) groups excluding carboxylic acids is 2. The summed E-state index contributed by atoms with van der Waals surface area (Å²) in [6, 6.07) is 5.24. The van der Waals surface area contributed by atoms with Crippen molar-refractivity contribution in [2.45, 2.75) is 32.9 Å². The van der Waals surface area contributed by atoms with Crippen LogP contribution in [0.4, 0.5) is 5.00 Å². The van der Waals surface area contributed by atoms with Crippen LogP contribution in [-0.4, -0.2) is 47.4 Å². The second-order valence-electron chi connectivity index (χ2n) is 7.47. The molecule has 0 bridgehead atoms. The van der Waals surface area contributed by atoms with Crippen LogP contribution in [0.15, 0.2) is 24.4 Å². The van der Waals surface area contributed by atoms with Crippen LogP contribution in [0.2, 0.25) is 0 Å². The van der Waals surface area contributed by atoms with Gasteiger partial charge in [0, 0.05) is 16.8 Å². The summed E-state index contributed by atoms with van der Waals surface area (Å²) in [5.41, 5.74) is 2.95. The Kier molecular flexibility index (Phi) is 5.87. The first-order valence-electron chi connectivity index (χ1n) is 10.0. The molecule has 168 valence electrons. The predicted octanol–water partition coefficient (Wildman–Crippen LogP) is 2.85. The zero-order chi connectivity index (χ0) is 23.0. The third-order valence-corrected chi connectivity index (χ3v) is 7.93. The molecular formula is C21H22N4O5S2. The zero-order valence-electron chi connectivity index (χ0n) is 17.8. The van der Waals surface area contributed by atoms with E-state index in [0.29, 0.717) is 21.8 Å². The Morgan fingerprint density at radius 3 is 2.69 bits per heavy atom. The van der Waals surface area contributed by atoms with E-state index < -0.39 is 21.7 Å². The molecule has 1 aliphatic rings. The van der Waals surface area contributed by atoms with Crippen LogP contribution in [0.3, 0.4) is 0 Å². The van der Waals surface area contributed by atoms with E-state index in [1.165, 1.54) is 6.20 Å². The van der Waals surface area contributed by atoms with Crippen LogP contribution >= 0.6 is 11.3 Å². The molecule has 0 aromatic carbocycles. The Balaban J connectivity index is 1.62. The number of carbonyl (C=O) groups is 2. The molecule has 0 aliphatic carbocycles. The smallest absolute Gasteiger partial charge is 0.341 e. The third-order valence-electron chi connectivity index (χ3n) is 5.05. The van der Waals surface area contributed by atoms with Crippen molar-refractivity contribution in [3.63, 3.8) is 0 Å². The standard InChI is InChI=1S/C21H22N4O5S2/c1-4-30-21(27)18-15-7-8-32(28,29)11-16(15)31-20(18)23-19(26)14-5-6-17(22-10-14)25-13(3)9-12(2)24-25/h5-6,9-10H,4,7-8,11H2,1-3H3,(H,23,26). The number of aromatic nitrogens is 3. The summed E-state index contributed by atoms with van der Waals surface area (Å²) >= 11 is 1.10. The van der Waals surface area contributed by atoms with E-state index in [4.69, 9.17) is 4.74 Å². The third kappa shape index (κ3) is 4.30. The zero-order valence-corrected chi connectivity index (χ0v) is 19.5. The molecule has 11 heteroatoms. The number of fused-ring (bicyclic) bond motifs is 1. The molecule has 4 rings (SSSR count). The molecule has 1 amide bonds. The summed E-state index contributed by atoms with van der Waals surface area (Å²) in [7, 11) is -3.22. The van der Waals surface area contributed by atoms with Gasteiger partial charge in [-0.05, 0) is 51.0 Å². The van der Waals surface area contributed by atoms with Crippen LogP contribution < -0.4 is 5.32 Å². The van der Waals surface area contributed by atoms with Crippen molar-refractivity contribution in [1.82, 2.24) is 14.8 Å². The summed E-state index contributed by atoms with van der Waals surface area (Å²) in [6.07, 6.45) is 1.65. The highest BCUT2D eigenvalue weighted by atomic mass is 32.2. The highest BCUT2D eigenvalue weighted by molar-refractivity contribution is 7.90. The van der Waals surface area contributed by atoms with Crippen molar-refractivity contribution in [3.05, 3.63) is 57.4 Å². The van der Waals surface area contributed by atoms with Crippen molar-refractivity contribution in [1.29, 1.82) is 0 Å². The maximum atomic E-state index is 12.9. The molecule has 0 radical (unpaired) electrons. The first-order valence-corrected chi connectivity index (χ1v) is 12.7. The summed E-state index contributed by atoms with van der Waals surface area (Å²) in [6.45, 7) is 5.67. The van der Waals surface area contributed by atoms with Gasteiger partial charge in [-0.2, -0.15) is 5.10 Å². The number of nitrogens with one attached hydrogen (secondary N) is 1. The summed E-state index contributed by atoms with van der Waals surface area (Å²) in [5, 5.41) is 7.41. The van der Waals surface area contributed by atoms with Crippen LogP contribution in [-0.2, 0) is 26.7 Å². The van der Waals surface area contributed by atoms with E-state index in [2.05, 4.69) is 15.4 Å². The fourth-order valence-corrected chi connectivity index (χ4v) is 6.65. The number of hydrogen-bond donors (Lipinski definition) is 1. The molecule has 4 heterocycles. The lowest BCUT2D eigenvalue weighted by molar-refractivity contribution is 0.0527. The second-order valence-corrected chi connectivity index (χ2v) is 10.8. The molecule has 1 aliphatic heterocycles. The maximum Gasteiger partial charge on any atom is 0.341 e. The van der Waals surface area contributed by atoms with Crippen LogP contribution in [0, 0.1) is 13.8 Å². The normalized spacial score (nSPS) is 14.6. The summed E-state index contributed by atoms with van der Waals surface area (Å²) in [5.74, 6) is -0.624. The number of anilines is 1. The molecular weight excluding hydrogens is 452 g/mol. The summed E-state index contributed by atoms with van der Waals surface area (Å²) in [4.78, 5) is 30.3. The number of thiophene rings is 1. The van der Waals surface area contributed by atoms with Crippen molar-refractivity contribution in [2.24, 2.45) is 0 Å². The van der Waals surface area contributed by atoms with Gasteiger partial charge in [-0.15, -0.1) is 11.3 Å². The minimum atomic E-state index is -3.22. The number of nitrogens with zero attached hydrogens (tertiary/aromatic N) is 3. The highest BCUT2D eigenvalue weighted by Crippen LogP contribution is 2.38. The minimum Gasteiger partial charge on any atom is -0.462 e. The quantitative estimate of drug-likeness (QED) is 0.565. The fraction of sp³-hybridized carbons (Fsp3) is 0.333. The molecule has 0 unspecified atom stereocenters. The number of esters is 1. The molecule has 0 saturated heterocycles. The minimum absolute atomic E-state index is 0.0335. The first kappa shape index (κ1) is 22.2. The van der Waals surface area contributed by atoms with Gasteiger partial charge in [0.25, 0.3) is 5.91 Å². The number of aryl methyl sites for hydroxylation is 2. The van der Waals surface area contributed by atoms with Crippen molar-refractivity contribution in [3.8, 4) is 5.82 Å². The second kappa shape index (κ2) is 8.47. The lowest BCUT2D eigenvalue weighted by Crippen LogP contribution is -2.20. The van der Waals surface area contributed by atoms with E-state index in [9.17, 15) is 18.0 Å². The van der Waals surface area contributed by atoms with Crippen LogP contribution in [0.25, 0.3) is 5.82 Å². The van der Waals surface area contributed by atoms with Gasteiger partial charge in [0.15, 0.2) is 15.7 Å².